The van der Waals surface area contributed by atoms with Crippen LogP contribution in [0.15, 0.2) is 0 Å². The molecule has 118 valence electrons. The minimum atomic E-state index is -0.0668. The van der Waals surface area contributed by atoms with Crippen LogP contribution in [0.2, 0.25) is 0 Å². The molecule has 0 aromatic carbocycles. The fourth-order valence-corrected chi connectivity index (χ4v) is 2.47. The van der Waals surface area contributed by atoms with Crippen LogP contribution in [0.5, 0.6) is 0 Å². The van der Waals surface area contributed by atoms with Crippen molar-refractivity contribution in [1.82, 2.24) is 10.2 Å². The molecule has 1 N–H and O–H groups in total. The van der Waals surface area contributed by atoms with E-state index in [1.165, 1.54) is 12.8 Å². The van der Waals surface area contributed by atoms with E-state index in [4.69, 9.17) is 4.74 Å². The van der Waals surface area contributed by atoms with Gasteiger partial charge in [0.05, 0.1) is 13.2 Å². The number of likely N-dealkylation sites (tertiary alicyclic amines) is 1. The van der Waals surface area contributed by atoms with Crippen LogP contribution >= 0.6 is 0 Å². The molecule has 1 unspecified atom stereocenters. The van der Waals surface area contributed by atoms with Gasteiger partial charge < -0.3 is 10.1 Å². The fraction of sp³-hybridized carbons (Fsp3) is 0.938. The van der Waals surface area contributed by atoms with E-state index in [0.29, 0.717) is 19.1 Å². The quantitative estimate of drug-likeness (QED) is 0.576. The van der Waals surface area contributed by atoms with Crippen molar-refractivity contribution in [2.24, 2.45) is 5.92 Å². The number of hydrogen-bond acceptors (Lipinski definition) is 4. The van der Waals surface area contributed by atoms with E-state index in [-0.39, 0.29) is 11.5 Å². The van der Waals surface area contributed by atoms with Gasteiger partial charge in [0.15, 0.2) is 0 Å². The lowest BCUT2D eigenvalue weighted by molar-refractivity contribution is -0.145. The van der Waals surface area contributed by atoms with Gasteiger partial charge in [-0.2, -0.15) is 0 Å². The Hall–Kier alpha value is -0.610. The Kier molecular flexibility index (Phi) is 7.52. The van der Waals surface area contributed by atoms with Crippen molar-refractivity contribution in [3.05, 3.63) is 0 Å². The van der Waals surface area contributed by atoms with E-state index >= 15 is 0 Å². The highest BCUT2D eigenvalue weighted by atomic mass is 16.5. The second kappa shape index (κ2) is 8.63. The number of carbonyl (C=O) groups excluding carboxylic acids is 1. The van der Waals surface area contributed by atoms with Crippen molar-refractivity contribution in [2.45, 2.75) is 58.9 Å². The molecule has 0 spiro atoms. The molecule has 1 aliphatic rings. The molecule has 0 bridgehead atoms. The number of unbranched alkanes of at least 4 members (excludes halogenated alkanes) is 1. The summed E-state index contributed by atoms with van der Waals surface area (Å²) in [6, 6.07) is 0. The summed E-state index contributed by atoms with van der Waals surface area (Å²) in [4.78, 5) is 14.0. The molecule has 1 heterocycles. The minimum absolute atomic E-state index is 0.0668. The summed E-state index contributed by atoms with van der Waals surface area (Å²) >= 11 is 0. The van der Waals surface area contributed by atoms with Crippen molar-refractivity contribution < 1.29 is 9.53 Å². The van der Waals surface area contributed by atoms with Gasteiger partial charge in [-0.3, -0.25) is 9.69 Å². The van der Waals surface area contributed by atoms with Gasteiger partial charge in [0.1, 0.15) is 0 Å². The largest absolute Gasteiger partial charge is 0.465 e. The highest BCUT2D eigenvalue weighted by Gasteiger charge is 2.23. The molecule has 1 rings (SSSR count). The molecule has 1 fully saturated rings. The molecular weight excluding hydrogens is 252 g/mol. The zero-order valence-electron chi connectivity index (χ0n) is 13.7. The number of esters is 1. The van der Waals surface area contributed by atoms with Gasteiger partial charge in [-0.15, -0.1) is 0 Å². The molecule has 1 aliphatic heterocycles. The maximum Gasteiger partial charge on any atom is 0.320 e. The number of carbonyl (C=O) groups is 1. The first kappa shape index (κ1) is 17.4. The summed E-state index contributed by atoms with van der Waals surface area (Å²) in [5, 5.41) is 3.56. The maximum absolute atomic E-state index is 11.7. The monoisotopic (exact) mass is 284 g/mol. The number of piperidine rings is 1. The van der Waals surface area contributed by atoms with Gasteiger partial charge in [-0.1, -0.05) is 13.3 Å². The number of ether oxygens (including phenoxy) is 1. The zero-order valence-corrected chi connectivity index (χ0v) is 13.7. The first-order chi connectivity index (χ1) is 9.40. The third kappa shape index (κ3) is 7.85. The summed E-state index contributed by atoms with van der Waals surface area (Å²) in [6.07, 6.45) is 4.46. The van der Waals surface area contributed by atoms with Crippen molar-refractivity contribution in [1.29, 1.82) is 0 Å². The van der Waals surface area contributed by atoms with Crippen molar-refractivity contribution in [3.63, 3.8) is 0 Å². The first-order valence-electron chi connectivity index (χ1n) is 8.03. The SMILES string of the molecule is CCCCOC(=O)CN1CCCC(CNC(C)(C)C)C1. The van der Waals surface area contributed by atoms with Crippen LogP contribution in [-0.2, 0) is 9.53 Å². The van der Waals surface area contributed by atoms with Gasteiger partial charge >= 0.3 is 5.97 Å². The Morgan fingerprint density at radius 3 is 2.80 bits per heavy atom. The lowest BCUT2D eigenvalue weighted by Gasteiger charge is -2.34. The first-order valence-corrected chi connectivity index (χ1v) is 8.03. The van der Waals surface area contributed by atoms with E-state index in [9.17, 15) is 4.79 Å². The highest BCUT2D eigenvalue weighted by Crippen LogP contribution is 2.16. The summed E-state index contributed by atoms with van der Waals surface area (Å²) < 4.78 is 5.24. The molecule has 0 aromatic rings. The molecule has 4 heteroatoms. The average molecular weight is 284 g/mol. The van der Waals surface area contributed by atoms with Gasteiger partial charge in [0.2, 0.25) is 0 Å². The zero-order chi connectivity index (χ0) is 15.0. The summed E-state index contributed by atoms with van der Waals surface area (Å²) in [5.41, 5.74) is 0.168. The van der Waals surface area contributed by atoms with Crippen LogP contribution in [-0.4, -0.2) is 49.2 Å². The normalized spacial score (nSPS) is 20.9. The van der Waals surface area contributed by atoms with Gasteiger partial charge in [-0.05, 0) is 59.0 Å². The lowest BCUT2D eigenvalue weighted by Crippen LogP contribution is -2.45. The van der Waals surface area contributed by atoms with Gasteiger partial charge in [0.25, 0.3) is 0 Å². The maximum atomic E-state index is 11.7. The molecule has 20 heavy (non-hydrogen) atoms. The Morgan fingerprint density at radius 2 is 2.15 bits per heavy atom. The Balaban J connectivity index is 2.24. The molecule has 0 amide bonds. The number of nitrogens with one attached hydrogen (secondary N) is 1. The molecule has 1 saturated heterocycles. The molecule has 0 radical (unpaired) electrons. The van der Waals surface area contributed by atoms with E-state index in [1.807, 2.05) is 0 Å². The molecule has 0 aromatic heterocycles. The van der Waals surface area contributed by atoms with E-state index in [2.05, 4.69) is 37.9 Å². The smallest absolute Gasteiger partial charge is 0.320 e. The van der Waals surface area contributed by atoms with E-state index in [1.54, 1.807) is 0 Å². The predicted molar refractivity (Wildman–Crippen MR) is 82.8 cm³/mol. The average Bonchev–Trinajstić information content (AvgIpc) is 2.36. The van der Waals surface area contributed by atoms with Crippen molar-refractivity contribution in [3.8, 4) is 0 Å². The minimum Gasteiger partial charge on any atom is -0.465 e. The summed E-state index contributed by atoms with van der Waals surface area (Å²) in [6.45, 7) is 12.8. The van der Waals surface area contributed by atoms with Gasteiger partial charge in [0, 0.05) is 12.1 Å². The molecular formula is C16H32N2O2. The predicted octanol–water partition coefficient (Wildman–Crippen LogP) is 2.43. The van der Waals surface area contributed by atoms with Crippen LogP contribution in [0.1, 0.15) is 53.4 Å². The van der Waals surface area contributed by atoms with Crippen LogP contribution < -0.4 is 5.32 Å². The third-order valence-electron chi connectivity index (χ3n) is 3.64. The standard InChI is InChI=1S/C16H32N2O2/c1-5-6-10-20-15(19)13-18-9-7-8-14(12-18)11-17-16(2,3)4/h14,17H,5-13H2,1-4H3. The van der Waals surface area contributed by atoms with Crippen molar-refractivity contribution in [2.75, 3.05) is 32.8 Å². The van der Waals surface area contributed by atoms with Crippen LogP contribution in [0.25, 0.3) is 0 Å². The number of nitrogens with zero attached hydrogens (tertiary/aromatic N) is 1. The fourth-order valence-electron chi connectivity index (χ4n) is 2.47. The van der Waals surface area contributed by atoms with E-state index in [0.717, 1.165) is 32.5 Å². The molecule has 0 aliphatic carbocycles. The van der Waals surface area contributed by atoms with Gasteiger partial charge in [-0.25, -0.2) is 0 Å². The second-order valence-electron chi connectivity index (χ2n) is 6.95. The summed E-state index contributed by atoms with van der Waals surface area (Å²) in [7, 11) is 0. The molecule has 0 saturated carbocycles. The Bertz CT molecular complexity index is 287. The number of hydrogen-bond donors (Lipinski definition) is 1. The molecule has 4 nitrogen and oxygen atoms in total. The molecule has 1 atom stereocenters. The Labute approximate surface area is 124 Å². The topological polar surface area (TPSA) is 41.6 Å². The van der Waals surface area contributed by atoms with Crippen LogP contribution in [0.4, 0.5) is 0 Å². The van der Waals surface area contributed by atoms with Crippen LogP contribution in [0, 0.1) is 5.92 Å². The third-order valence-corrected chi connectivity index (χ3v) is 3.64. The number of rotatable bonds is 7. The highest BCUT2D eigenvalue weighted by molar-refractivity contribution is 5.71. The lowest BCUT2D eigenvalue weighted by atomic mass is 9.96. The summed E-state index contributed by atoms with van der Waals surface area (Å²) in [5.74, 6) is 0.578. The Morgan fingerprint density at radius 1 is 1.40 bits per heavy atom. The van der Waals surface area contributed by atoms with Crippen LogP contribution in [0.3, 0.4) is 0 Å². The van der Waals surface area contributed by atoms with E-state index < -0.39 is 0 Å². The second-order valence-corrected chi connectivity index (χ2v) is 6.95. The van der Waals surface area contributed by atoms with Crippen molar-refractivity contribution >= 4 is 5.97 Å².